The van der Waals surface area contributed by atoms with Crippen molar-refractivity contribution in [1.82, 2.24) is 0 Å². The quantitative estimate of drug-likeness (QED) is 0.568. The molecule has 0 unspecified atom stereocenters. The normalized spacial score (nSPS) is 8.27. The third kappa shape index (κ3) is 4.64. The van der Waals surface area contributed by atoms with E-state index in [0.29, 0.717) is 0 Å². The van der Waals surface area contributed by atoms with E-state index >= 15 is 0 Å². The summed E-state index contributed by atoms with van der Waals surface area (Å²) < 4.78 is 11.9. The van der Waals surface area contributed by atoms with E-state index in [2.05, 4.69) is 5.92 Å². The monoisotopic (exact) mass is 198 g/mol. The van der Waals surface area contributed by atoms with Gasteiger partial charge >= 0.3 is 0 Å². The van der Waals surface area contributed by atoms with Crippen molar-refractivity contribution in [3.63, 3.8) is 0 Å². The maximum absolute atomic E-state index is 11.9. The molecule has 1 heteroatoms. The van der Waals surface area contributed by atoms with Crippen LogP contribution in [0.2, 0.25) is 0 Å². The van der Waals surface area contributed by atoms with Crippen molar-refractivity contribution in [3.8, 4) is 12.3 Å². The van der Waals surface area contributed by atoms with E-state index in [1.165, 1.54) is 12.1 Å². The van der Waals surface area contributed by atoms with Crippen LogP contribution in [0.25, 0.3) is 0 Å². The topological polar surface area (TPSA) is 0 Å². The Labute approximate surface area is 89.4 Å². The van der Waals surface area contributed by atoms with E-state index in [-0.39, 0.29) is 5.82 Å². The third-order valence-electron chi connectivity index (χ3n) is 1.67. The number of rotatable bonds is 0. The van der Waals surface area contributed by atoms with Gasteiger partial charge in [0, 0.05) is 5.56 Å². The van der Waals surface area contributed by atoms with Crippen LogP contribution in [0.5, 0.6) is 0 Å². The van der Waals surface area contributed by atoms with Crippen molar-refractivity contribution in [3.05, 3.63) is 72.0 Å². The van der Waals surface area contributed by atoms with Crippen LogP contribution in [0, 0.1) is 18.2 Å². The predicted molar refractivity (Wildman–Crippen MR) is 60.8 cm³/mol. The highest BCUT2D eigenvalue weighted by Gasteiger charge is 1.77. The predicted octanol–water partition coefficient (Wildman–Crippen LogP) is 3.49. The summed E-state index contributed by atoms with van der Waals surface area (Å²) in [7, 11) is 0. The Balaban J connectivity index is 0.000000151. The van der Waals surface area contributed by atoms with Crippen molar-refractivity contribution in [2.45, 2.75) is 0 Å². The molecular formula is C14H11F. The third-order valence-corrected chi connectivity index (χ3v) is 1.67. The molecule has 0 atom stereocenters. The first-order valence-corrected chi connectivity index (χ1v) is 4.55. The summed E-state index contributed by atoms with van der Waals surface area (Å²) in [5.41, 5.74) is 0.938. The highest BCUT2D eigenvalue weighted by atomic mass is 19.1. The van der Waals surface area contributed by atoms with Gasteiger partial charge in [-0.2, -0.15) is 0 Å². The summed E-state index contributed by atoms with van der Waals surface area (Å²) in [6.07, 6.45) is 5.10. The molecule has 0 saturated heterocycles. The molecule has 0 aliphatic heterocycles. The van der Waals surface area contributed by atoms with Gasteiger partial charge in [0.25, 0.3) is 0 Å². The first kappa shape index (κ1) is 11.0. The number of halogens is 1. The van der Waals surface area contributed by atoms with Crippen molar-refractivity contribution in [2.75, 3.05) is 0 Å². The molecule has 2 aromatic rings. The Kier molecular flexibility index (Phi) is 4.69. The highest BCUT2D eigenvalue weighted by Crippen LogP contribution is 1.93. The summed E-state index contributed by atoms with van der Waals surface area (Å²) in [4.78, 5) is 0. The SMILES string of the molecule is C#Cc1ccccc1.Fc1ccccc1. The zero-order valence-electron chi connectivity index (χ0n) is 8.23. The summed E-state index contributed by atoms with van der Waals surface area (Å²) in [5, 5.41) is 0. The minimum absolute atomic E-state index is 0.178. The number of terminal acetylenes is 1. The largest absolute Gasteiger partial charge is 0.207 e. The minimum Gasteiger partial charge on any atom is -0.207 e. The fourth-order valence-corrected chi connectivity index (χ4v) is 0.949. The van der Waals surface area contributed by atoms with Crippen LogP contribution in [0.1, 0.15) is 5.56 Å². The molecule has 0 aliphatic rings. The summed E-state index contributed by atoms with van der Waals surface area (Å²) >= 11 is 0. The Morgan fingerprint density at radius 1 is 0.800 bits per heavy atom. The maximum atomic E-state index is 11.9. The van der Waals surface area contributed by atoms with Crippen LogP contribution in [-0.2, 0) is 0 Å². The van der Waals surface area contributed by atoms with Gasteiger partial charge in [0.05, 0.1) is 0 Å². The van der Waals surface area contributed by atoms with Crippen molar-refractivity contribution < 1.29 is 4.39 Å². The Bertz CT molecular complexity index is 412. The molecule has 0 nitrogen and oxygen atoms in total. The molecule has 0 fully saturated rings. The number of benzene rings is 2. The number of hydrogen-bond donors (Lipinski definition) is 0. The lowest BCUT2D eigenvalue weighted by molar-refractivity contribution is 0.628. The fourth-order valence-electron chi connectivity index (χ4n) is 0.949. The molecule has 0 saturated carbocycles. The van der Waals surface area contributed by atoms with E-state index < -0.39 is 0 Å². The van der Waals surface area contributed by atoms with Crippen LogP contribution >= 0.6 is 0 Å². The Hall–Kier alpha value is -2.07. The second-order valence-corrected chi connectivity index (χ2v) is 2.81. The standard InChI is InChI=1S/C8H6.C6H5F/c1-2-8-6-4-3-5-7-8;7-6-4-2-1-3-5-6/h1,3-7H;1-5H. The average Bonchev–Trinajstić information content (AvgIpc) is 2.32. The highest BCUT2D eigenvalue weighted by molar-refractivity contribution is 5.30. The van der Waals surface area contributed by atoms with Crippen LogP contribution < -0.4 is 0 Å². The molecule has 0 spiro atoms. The lowest BCUT2D eigenvalue weighted by Gasteiger charge is -1.82. The van der Waals surface area contributed by atoms with Gasteiger partial charge in [-0.25, -0.2) is 4.39 Å². The van der Waals surface area contributed by atoms with Crippen molar-refractivity contribution >= 4 is 0 Å². The molecule has 0 heterocycles. The number of hydrogen-bond acceptors (Lipinski definition) is 0. The minimum atomic E-state index is -0.178. The molecule has 74 valence electrons. The van der Waals surface area contributed by atoms with E-state index in [4.69, 9.17) is 6.42 Å². The van der Waals surface area contributed by atoms with Crippen molar-refractivity contribution in [2.24, 2.45) is 0 Å². The smallest absolute Gasteiger partial charge is 0.123 e. The summed E-state index contributed by atoms with van der Waals surface area (Å²) in [5.74, 6) is 2.35. The fraction of sp³-hybridized carbons (Fsp3) is 0. The molecule has 0 aliphatic carbocycles. The van der Waals surface area contributed by atoms with Crippen LogP contribution in [0.3, 0.4) is 0 Å². The molecule has 0 N–H and O–H groups in total. The van der Waals surface area contributed by atoms with Crippen LogP contribution in [0.15, 0.2) is 60.7 Å². The molecule has 2 aromatic carbocycles. The van der Waals surface area contributed by atoms with Gasteiger partial charge in [0.15, 0.2) is 0 Å². The molecule has 15 heavy (non-hydrogen) atoms. The molecule has 0 bridgehead atoms. The van der Waals surface area contributed by atoms with E-state index in [9.17, 15) is 4.39 Å². The van der Waals surface area contributed by atoms with E-state index in [1.807, 2.05) is 30.3 Å². The molecular weight excluding hydrogens is 187 g/mol. The second kappa shape index (κ2) is 6.39. The Morgan fingerprint density at radius 3 is 1.53 bits per heavy atom. The second-order valence-electron chi connectivity index (χ2n) is 2.81. The van der Waals surface area contributed by atoms with Crippen molar-refractivity contribution in [1.29, 1.82) is 0 Å². The van der Waals surface area contributed by atoms with Gasteiger partial charge in [-0.1, -0.05) is 42.3 Å². The van der Waals surface area contributed by atoms with Gasteiger partial charge < -0.3 is 0 Å². The average molecular weight is 198 g/mol. The van der Waals surface area contributed by atoms with Gasteiger partial charge in [0.1, 0.15) is 5.82 Å². The Morgan fingerprint density at radius 2 is 1.27 bits per heavy atom. The van der Waals surface area contributed by atoms with Gasteiger partial charge in [-0.3, -0.25) is 0 Å². The van der Waals surface area contributed by atoms with E-state index in [0.717, 1.165) is 5.56 Å². The van der Waals surface area contributed by atoms with Gasteiger partial charge in [0.2, 0.25) is 0 Å². The zero-order chi connectivity index (χ0) is 10.9. The van der Waals surface area contributed by atoms with Crippen LogP contribution in [-0.4, -0.2) is 0 Å². The van der Waals surface area contributed by atoms with Gasteiger partial charge in [-0.15, -0.1) is 6.42 Å². The van der Waals surface area contributed by atoms with Crippen LogP contribution in [0.4, 0.5) is 4.39 Å². The zero-order valence-corrected chi connectivity index (χ0v) is 8.23. The molecule has 0 amide bonds. The molecule has 0 radical (unpaired) electrons. The maximum Gasteiger partial charge on any atom is 0.123 e. The first-order valence-electron chi connectivity index (χ1n) is 4.55. The first-order chi connectivity index (χ1) is 7.33. The lowest BCUT2D eigenvalue weighted by atomic mass is 10.2. The van der Waals surface area contributed by atoms with E-state index in [1.54, 1.807) is 18.2 Å². The molecule has 0 aromatic heterocycles. The van der Waals surface area contributed by atoms with Gasteiger partial charge in [-0.05, 0) is 24.3 Å². The molecule has 2 rings (SSSR count). The summed E-state index contributed by atoms with van der Waals surface area (Å²) in [6, 6.07) is 17.5. The summed E-state index contributed by atoms with van der Waals surface area (Å²) in [6.45, 7) is 0. The lowest BCUT2D eigenvalue weighted by Crippen LogP contribution is -1.66.